The molecule has 0 spiro atoms. The summed E-state index contributed by atoms with van der Waals surface area (Å²) in [7, 11) is 0. The lowest BCUT2D eigenvalue weighted by Crippen LogP contribution is -2.67. The molecule has 0 heterocycles. The van der Waals surface area contributed by atoms with Gasteiger partial charge in [-0.15, -0.1) is 0 Å². The summed E-state index contributed by atoms with van der Waals surface area (Å²) in [5.41, 5.74) is 3.65. The number of nitrogens with two attached hydrogens (primary N) is 1. The van der Waals surface area contributed by atoms with E-state index in [9.17, 15) is 0 Å². The van der Waals surface area contributed by atoms with Crippen LogP contribution in [0.1, 0.15) is 20.8 Å². The molecule has 6 N–H and O–H groups in total. The fraction of sp³-hybridized carbons (Fsp3) is 0.556. The quantitative estimate of drug-likeness (QED) is 0.384. The zero-order chi connectivity index (χ0) is 11.3. The highest BCUT2D eigenvalue weighted by atomic mass is 14.9. The van der Waals surface area contributed by atoms with Crippen LogP contribution in [0, 0.1) is 27.1 Å². The third-order valence-corrected chi connectivity index (χ3v) is 3.19. The smallest absolute Gasteiger partial charge is 0.104 e. The number of hydrogen-bond acceptors (Lipinski definition) is 5. The maximum absolute atomic E-state index is 7.73. The zero-order valence-corrected chi connectivity index (χ0v) is 8.58. The highest BCUT2D eigenvalue weighted by molar-refractivity contribution is 6.84. The molecule has 1 aliphatic rings. The molecule has 5 nitrogen and oxygen atoms in total. The maximum Gasteiger partial charge on any atom is 0.104 e. The lowest BCUT2D eigenvalue weighted by Gasteiger charge is -2.45. The van der Waals surface area contributed by atoms with E-state index in [-0.39, 0.29) is 22.8 Å². The monoisotopic (exact) mass is 193 g/mol. The molecule has 14 heavy (non-hydrogen) atoms. The van der Waals surface area contributed by atoms with Crippen molar-refractivity contribution in [2.45, 2.75) is 26.3 Å². The predicted molar refractivity (Wildman–Crippen MR) is 57.3 cm³/mol. The van der Waals surface area contributed by atoms with Crippen LogP contribution in [0.5, 0.6) is 0 Å². The van der Waals surface area contributed by atoms with Crippen LogP contribution in [0.4, 0.5) is 0 Å². The van der Waals surface area contributed by atoms with Crippen molar-refractivity contribution < 1.29 is 0 Å². The van der Waals surface area contributed by atoms with Gasteiger partial charge in [-0.05, 0) is 6.92 Å². The van der Waals surface area contributed by atoms with Crippen LogP contribution in [0.15, 0.2) is 0 Å². The van der Waals surface area contributed by atoms with E-state index < -0.39 is 11.0 Å². The molecule has 0 saturated heterocycles. The molecule has 0 aromatic carbocycles. The molecule has 0 aromatic rings. The Labute approximate surface area is 82.7 Å². The summed E-state index contributed by atoms with van der Waals surface area (Å²) >= 11 is 0. The van der Waals surface area contributed by atoms with Gasteiger partial charge in [0.05, 0.1) is 17.0 Å². The highest BCUT2D eigenvalue weighted by Crippen LogP contribution is 2.35. The van der Waals surface area contributed by atoms with Gasteiger partial charge in [-0.2, -0.15) is 0 Å². The molecule has 5 heteroatoms. The summed E-state index contributed by atoms with van der Waals surface area (Å²) in [5.74, 6) is 0. The van der Waals surface area contributed by atoms with E-state index in [4.69, 9.17) is 27.4 Å². The lowest BCUT2D eigenvalue weighted by molar-refractivity contribution is 0.362. The first kappa shape index (κ1) is 10.7. The van der Waals surface area contributed by atoms with Gasteiger partial charge in [0, 0.05) is 5.41 Å². The summed E-state index contributed by atoms with van der Waals surface area (Å²) < 4.78 is 0. The molecule has 0 radical (unpaired) electrons. The van der Waals surface area contributed by atoms with Gasteiger partial charge >= 0.3 is 0 Å². The van der Waals surface area contributed by atoms with E-state index >= 15 is 0 Å². The first-order chi connectivity index (χ1) is 6.14. The largest absolute Gasteiger partial charge is 0.320 e. The van der Waals surface area contributed by atoms with E-state index in [1.165, 1.54) is 0 Å². The van der Waals surface area contributed by atoms with Crippen LogP contribution in [-0.4, -0.2) is 28.4 Å². The Morgan fingerprint density at radius 3 is 1.64 bits per heavy atom. The SMILES string of the molecule is CC1(C)C(=N)C(=N)C(=N)C(=N)C1(C)N. The zero-order valence-electron chi connectivity index (χ0n) is 8.58. The van der Waals surface area contributed by atoms with Crippen LogP contribution in [0.3, 0.4) is 0 Å². The fourth-order valence-corrected chi connectivity index (χ4v) is 1.39. The van der Waals surface area contributed by atoms with E-state index in [0.29, 0.717) is 0 Å². The van der Waals surface area contributed by atoms with Crippen LogP contribution >= 0.6 is 0 Å². The van der Waals surface area contributed by atoms with E-state index in [2.05, 4.69) is 0 Å². The van der Waals surface area contributed by atoms with Crippen molar-refractivity contribution in [3.63, 3.8) is 0 Å². The molecule has 76 valence electrons. The lowest BCUT2D eigenvalue weighted by atomic mass is 9.61. The van der Waals surface area contributed by atoms with Gasteiger partial charge < -0.3 is 16.6 Å². The van der Waals surface area contributed by atoms with Gasteiger partial charge in [0.2, 0.25) is 0 Å². The van der Waals surface area contributed by atoms with Crippen molar-refractivity contribution in [1.29, 1.82) is 21.6 Å². The Kier molecular flexibility index (Phi) is 1.97. The Balaban J connectivity index is 3.39. The van der Waals surface area contributed by atoms with Crippen LogP contribution in [-0.2, 0) is 0 Å². The summed E-state index contributed by atoms with van der Waals surface area (Å²) in [5, 5.41) is 30.4. The van der Waals surface area contributed by atoms with Gasteiger partial charge in [-0.1, -0.05) is 13.8 Å². The average Bonchev–Trinajstić information content (AvgIpc) is 2.10. The van der Waals surface area contributed by atoms with Crippen LogP contribution in [0.25, 0.3) is 0 Å². The number of rotatable bonds is 0. The second-order valence-corrected chi connectivity index (χ2v) is 4.33. The topological polar surface area (TPSA) is 121 Å². The molecular formula is C9H15N5. The second kappa shape index (κ2) is 2.57. The standard InChI is InChI=1S/C9H15N5/c1-8(2)6(12)4(10)5(11)7(13)9(8,3)14/h10-13H,14H2,1-3H3. The summed E-state index contributed by atoms with van der Waals surface area (Å²) in [6.45, 7) is 5.08. The highest BCUT2D eigenvalue weighted by Gasteiger charge is 2.51. The Bertz CT molecular complexity index is 325. The Morgan fingerprint density at radius 1 is 0.857 bits per heavy atom. The normalized spacial score (nSPS) is 32.3. The summed E-state index contributed by atoms with van der Waals surface area (Å²) in [4.78, 5) is 0. The third kappa shape index (κ3) is 0.988. The second-order valence-electron chi connectivity index (χ2n) is 4.33. The predicted octanol–water partition coefficient (Wildman–Crippen LogP) is 0.823. The third-order valence-electron chi connectivity index (χ3n) is 3.19. The first-order valence-electron chi connectivity index (χ1n) is 4.29. The molecule has 0 aromatic heterocycles. The Morgan fingerprint density at radius 2 is 1.21 bits per heavy atom. The van der Waals surface area contributed by atoms with Crippen molar-refractivity contribution in [3.8, 4) is 0 Å². The van der Waals surface area contributed by atoms with Crippen LogP contribution < -0.4 is 5.73 Å². The van der Waals surface area contributed by atoms with E-state index in [1.54, 1.807) is 20.8 Å². The van der Waals surface area contributed by atoms with Gasteiger partial charge in [0.15, 0.2) is 0 Å². The molecule has 0 bridgehead atoms. The van der Waals surface area contributed by atoms with E-state index in [0.717, 1.165) is 0 Å². The average molecular weight is 193 g/mol. The molecule has 1 aliphatic carbocycles. The Hall–Kier alpha value is -1.36. The number of nitrogens with one attached hydrogen (secondary N) is 4. The molecular weight excluding hydrogens is 178 g/mol. The van der Waals surface area contributed by atoms with Crippen LogP contribution in [0.2, 0.25) is 0 Å². The van der Waals surface area contributed by atoms with Gasteiger partial charge in [-0.3, -0.25) is 10.8 Å². The minimum Gasteiger partial charge on any atom is -0.320 e. The van der Waals surface area contributed by atoms with Crippen molar-refractivity contribution in [2.24, 2.45) is 11.1 Å². The number of hydrogen-bond donors (Lipinski definition) is 5. The molecule has 1 rings (SSSR count). The van der Waals surface area contributed by atoms with E-state index in [1.807, 2.05) is 0 Å². The molecule has 0 amide bonds. The summed E-state index contributed by atoms with van der Waals surface area (Å²) in [6.07, 6.45) is 0. The van der Waals surface area contributed by atoms with Gasteiger partial charge in [0.25, 0.3) is 0 Å². The first-order valence-corrected chi connectivity index (χ1v) is 4.29. The van der Waals surface area contributed by atoms with Crippen molar-refractivity contribution >= 4 is 22.8 Å². The molecule has 1 atom stereocenters. The molecule has 1 unspecified atom stereocenters. The minimum atomic E-state index is -1.05. The maximum atomic E-state index is 7.73. The van der Waals surface area contributed by atoms with Crippen molar-refractivity contribution in [1.82, 2.24) is 0 Å². The van der Waals surface area contributed by atoms with Crippen molar-refractivity contribution in [3.05, 3.63) is 0 Å². The summed E-state index contributed by atoms with van der Waals surface area (Å²) in [6, 6.07) is 0. The minimum absolute atomic E-state index is 0.0310. The molecule has 0 aliphatic heterocycles. The molecule has 1 fully saturated rings. The van der Waals surface area contributed by atoms with Crippen molar-refractivity contribution in [2.75, 3.05) is 0 Å². The molecule has 1 saturated carbocycles. The fourth-order valence-electron chi connectivity index (χ4n) is 1.39. The van der Waals surface area contributed by atoms with Gasteiger partial charge in [-0.25, -0.2) is 0 Å². The van der Waals surface area contributed by atoms with Gasteiger partial charge in [0.1, 0.15) is 11.4 Å².